The van der Waals surface area contributed by atoms with Gasteiger partial charge in [-0.1, -0.05) is 141 Å². The van der Waals surface area contributed by atoms with E-state index in [1.807, 2.05) is 24.3 Å². The first-order valence-corrected chi connectivity index (χ1v) is 18.5. The predicted molar refractivity (Wildman–Crippen MR) is 178 cm³/mol. The number of anilines is 2. The summed E-state index contributed by atoms with van der Waals surface area (Å²) < 4.78 is 27.8. The molecule has 1 heterocycles. The molecule has 3 rings (SSSR count). The quantitative estimate of drug-likeness (QED) is 0.130. The van der Waals surface area contributed by atoms with Gasteiger partial charge >= 0.3 is 0 Å². The molecule has 234 valence electrons. The Bertz CT molecular complexity index is 1130. The summed E-state index contributed by atoms with van der Waals surface area (Å²) in [7, 11) is -3.62. The molecule has 0 spiro atoms. The SMILES string of the molecule is CCCCCCCCCCCCCCCCCCCCCC(=O)Nc1ccc(S(=O)(=O)N2CCc3ccccc32)cc1. The molecule has 0 aromatic heterocycles. The van der Waals surface area contributed by atoms with Crippen LogP contribution in [0.4, 0.5) is 11.4 Å². The van der Waals surface area contributed by atoms with Crippen molar-refractivity contribution in [1.82, 2.24) is 0 Å². The molecule has 1 aliphatic heterocycles. The van der Waals surface area contributed by atoms with Gasteiger partial charge in [0.15, 0.2) is 0 Å². The Balaban J connectivity index is 1.15. The van der Waals surface area contributed by atoms with E-state index >= 15 is 0 Å². The number of hydrogen-bond donors (Lipinski definition) is 1. The zero-order chi connectivity index (χ0) is 29.9. The number of sulfonamides is 1. The summed E-state index contributed by atoms with van der Waals surface area (Å²) in [5, 5.41) is 2.92. The van der Waals surface area contributed by atoms with E-state index in [2.05, 4.69) is 12.2 Å². The molecule has 0 radical (unpaired) electrons. The van der Waals surface area contributed by atoms with Gasteiger partial charge < -0.3 is 5.32 Å². The maximum Gasteiger partial charge on any atom is 0.264 e. The summed E-state index contributed by atoms with van der Waals surface area (Å²) in [4.78, 5) is 12.6. The van der Waals surface area contributed by atoms with Crippen LogP contribution in [0.15, 0.2) is 53.4 Å². The molecule has 1 N–H and O–H groups in total. The van der Waals surface area contributed by atoms with Crippen molar-refractivity contribution in [2.24, 2.45) is 0 Å². The summed E-state index contributed by atoms with van der Waals surface area (Å²) in [6.07, 6.45) is 26.6. The van der Waals surface area contributed by atoms with Crippen molar-refractivity contribution in [3.63, 3.8) is 0 Å². The van der Waals surface area contributed by atoms with Crippen LogP contribution in [0.2, 0.25) is 0 Å². The highest BCUT2D eigenvalue weighted by molar-refractivity contribution is 7.92. The van der Waals surface area contributed by atoms with Crippen molar-refractivity contribution in [2.75, 3.05) is 16.2 Å². The van der Waals surface area contributed by atoms with Crippen LogP contribution in [0.25, 0.3) is 0 Å². The first-order valence-electron chi connectivity index (χ1n) is 17.0. The highest BCUT2D eigenvalue weighted by Crippen LogP contribution is 2.33. The molecule has 0 bridgehead atoms. The smallest absolute Gasteiger partial charge is 0.264 e. The zero-order valence-corrected chi connectivity index (χ0v) is 27.1. The van der Waals surface area contributed by atoms with Gasteiger partial charge in [0.25, 0.3) is 10.0 Å². The molecule has 2 aromatic rings. The molecule has 2 aromatic carbocycles. The van der Waals surface area contributed by atoms with Crippen molar-refractivity contribution in [2.45, 2.75) is 147 Å². The normalized spacial score (nSPS) is 12.9. The van der Waals surface area contributed by atoms with Crippen LogP contribution in [0, 0.1) is 0 Å². The third kappa shape index (κ3) is 12.1. The van der Waals surface area contributed by atoms with E-state index < -0.39 is 10.0 Å². The summed E-state index contributed by atoms with van der Waals surface area (Å²) in [6, 6.07) is 14.2. The largest absolute Gasteiger partial charge is 0.326 e. The second-order valence-corrected chi connectivity index (χ2v) is 14.0. The fourth-order valence-corrected chi connectivity index (χ4v) is 7.49. The minimum absolute atomic E-state index is 0.00829. The number of nitrogens with zero attached hydrogens (tertiary/aromatic N) is 1. The molecule has 42 heavy (non-hydrogen) atoms. The number of benzene rings is 2. The van der Waals surface area contributed by atoms with Crippen molar-refractivity contribution in [3.05, 3.63) is 54.1 Å². The fraction of sp³-hybridized carbons (Fsp3) is 0.639. The Hall–Kier alpha value is -2.34. The number of fused-ring (bicyclic) bond motifs is 1. The molecule has 6 heteroatoms. The minimum atomic E-state index is -3.62. The zero-order valence-electron chi connectivity index (χ0n) is 26.3. The van der Waals surface area contributed by atoms with Crippen LogP contribution >= 0.6 is 0 Å². The standard InChI is InChI=1S/C36H56N2O3S/c1-2-3-4-5-6-7-8-9-10-11-12-13-14-15-16-17-18-19-20-25-36(39)37-33-26-28-34(29-27-33)42(40,41)38-31-30-32-23-21-22-24-35(32)38/h21-24,26-29H,2-20,25,30-31H2,1H3,(H,37,39). The number of para-hydroxylation sites is 1. The minimum Gasteiger partial charge on any atom is -0.326 e. The van der Waals surface area contributed by atoms with Crippen molar-refractivity contribution in [1.29, 1.82) is 0 Å². The van der Waals surface area contributed by atoms with Gasteiger partial charge in [-0.05, 0) is 48.7 Å². The highest BCUT2D eigenvalue weighted by atomic mass is 32.2. The second kappa shape index (κ2) is 19.8. The van der Waals surface area contributed by atoms with Crippen LogP contribution in [0.3, 0.4) is 0 Å². The maximum absolute atomic E-state index is 13.2. The number of carbonyl (C=O) groups is 1. The van der Waals surface area contributed by atoms with Crippen LogP contribution in [-0.2, 0) is 21.2 Å². The first-order chi connectivity index (χ1) is 20.5. The van der Waals surface area contributed by atoms with Gasteiger partial charge in [-0.3, -0.25) is 9.10 Å². The lowest BCUT2D eigenvalue weighted by molar-refractivity contribution is -0.116. The van der Waals surface area contributed by atoms with Gasteiger partial charge in [0.2, 0.25) is 5.91 Å². The van der Waals surface area contributed by atoms with Crippen molar-refractivity contribution in [3.8, 4) is 0 Å². The average molecular weight is 597 g/mol. The highest BCUT2D eigenvalue weighted by Gasteiger charge is 2.30. The number of unbranched alkanes of at least 4 members (excludes halogenated alkanes) is 18. The Labute approximate surface area is 256 Å². The van der Waals surface area contributed by atoms with E-state index in [-0.39, 0.29) is 10.8 Å². The van der Waals surface area contributed by atoms with E-state index in [1.165, 1.54) is 113 Å². The molecule has 0 saturated carbocycles. The van der Waals surface area contributed by atoms with E-state index in [0.29, 0.717) is 18.7 Å². The number of amides is 1. The van der Waals surface area contributed by atoms with Crippen molar-refractivity contribution >= 4 is 27.3 Å². The van der Waals surface area contributed by atoms with Gasteiger partial charge in [-0.25, -0.2) is 8.42 Å². The molecule has 0 unspecified atom stereocenters. The lowest BCUT2D eigenvalue weighted by Crippen LogP contribution is -2.29. The molecular formula is C36H56N2O3S. The fourth-order valence-electron chi connectivity index (χ4n) is 5.98. The molecular weight excluding hydrogens is 540 g/mol. The molecule has 5 nitrogen and oxygen atoms in total. The first kappa shape index (κ1) is 34.2. The van der Waals surface area contributed by atoms with E-state index in [9.17, 15) is 13.2 Å². The van der Waals surface area contributed by atoms with E-state index in [4.69, 9.17) is 0 Å². The van der Waals surface area contributed by atoms with Gasteiger partial charge in [0.05, 0.1) is 10.6 Å². The molecule has 1 aliphatic rings. The van der Waals surface area contributed by atoms with E-state index in [1.54, 1.807) is 24.3 Å². The van der Waals surface area contributed by atoms with E-state index in [0.717, 1.165) is 30.5 Å². The Morgan fingerprint density at radius 1 is 0.667 bits per heavy atom. The van der Waals surface area contributed by atoms with Crippen LogP contribution in [0.5, 0.6) is 0 Å². The lowest BCUT2D eigenvalue weighted by atomic mass is 10.0. The van der Waals surface area contributed by atoms with Crippen LogP contribution in [-0.4, -0.2) is 20.9 Å². The summed E-state index contributed by atoms with van der Waals surface area (Å²) in [6.45, 7) is 2.74. The Kier molecular flexibility index (Phi) is 16.1. The number of carbonyl (C=O) groups excluding carboxylic acids is 1. The number of nitrogens with one attached hydrogen (secondary N) is 1. The van der Waals surface area contributed by atoms with Gasteiger partial charge in [0, 0.05) is 18.7 Å². The molecule has 1 amide bonds. The Morgan fingerprint density at radius 2 is 1.14 bits per heavy atom. The molecule has 0 atom stereocenters. The van der Waals surface area contributed by atoms with Gasteiger partial charge in [0.1, 0.15) is 0 Å². The van der Waals surface area contributed by atoms with Crippen molar-refractivity contribution < 1.29 is 13.2 Å². The number of rotatable bonds is 23. The second-order valence-electron chi connectivity index (χ2n) is 12.1. The van der Waals surface area contributed by atoms with Crippen LogP contribution < -0.4 is 9.62 Å². The monoisotopic (exact) mass is 596 g/mol. The third-order valence-corrected chi connectivity index (χ3v) is 10.4. The molecule has 0 fully saturated rings. The average Bonchev–Trinajstić information content (AvgIpc) is 3.44. The topological polar surface area (TPSA) is 66.5 Å². The van der Waals surface area contributed by atoms with Gasteiger partial charge in [-0.2, -0.15) is 0 Å². The maximum atomic E-state index is 13.2. The Morgan fingerprint density at radius 3 is 1.67 bits per heavy atom. The summed E-state index contributed by atoms with van der Waals surface area (Å²) in [5.41, 5.74) is 2.45. The van der Waals surface area contributed by atoms with Gasteiger partial charge in [-0.15, -0.1) is 0 Å². The summed E-state index contributed by atoms with van der Waals surface area (Å²) >= 11 is 0. The number of hydrogen-bond acceptors (Lipinski definition) is 3. The third-order valence-electron chi connectivity index (χ3n) is 8.58. The lowest BCUT2D eigenvalue weighted by Gasteiger charge is -2.19. The molecule has 0 aliphatic carbocycles. The summed E-state index contributed by atoms with van der Waals surface area (Å²) in [5.74, 6) is -0.00829. The van der Waals surface area contributed by atoms with Crippen LogP contribution in [0.1, 0.15) is 141 Å². The molecule has 0 saturated heterocycles. The predicted octanol–water partition coefficient (Wildman–Crippen LogP) is 10.2.